The average molecular weight is 545 g/mol. The van der Waals surface area contributed by atoms with Crippen molar-refractivity contribution in [1.29, 1.82) is 0 Å². The molecular weight excluding hydrogens is 515 g/mol. The molecule has 6 atom stereocenters. The quantitative estimate of drug-likeness (QED) is 0.255. The van der Waals surface area contributed by atoms with Crippen molar-refractivity contribution in [2.45, 2.75) is 30.9 Å². The zero-order valence-electron chi connectivity index (χ0n) is 21.4. The van der Waals surface area contributed by atoms with Crippen molar-refractivity contribution in [3.05, 3.63) is 23.0 Å². The lowest BCUT2D eigenvalue weighted by Crippen LogP contribution is -2.74. The number of nitrogens with zero attached hydrogens (tertiary/aromatic N) is 2. The molecule has 2 unspecified atom stereocenters. The highest BCUT2D eigenvalue weighted by atomic mass is 19.1. The van der Waals surface area contributed by atoms with Crippen LogP contribution >= 0.6 is 0 Å². The first-order chi connectivity index (χ1) is 18.3. The van der Waals surface area contributed by atoms with Crippen molar-refractivity contribution in [2.75, 3.05) is 39.0 Å². The number of phenolic OH excluding ortho intramolecular Hbond substituents is 1. The third kappa shape index (κ3) is 3.90. The predicted octanol–water partition coefficient (Wildman–Crippen LogP) is -1.35. The van der Waals surface area contributed by atoms with Gasteiger partial charge in [-0.3, -0.25) is 38.6 Å². The molecule has 1 aromatic carbocycles. The summed E-state index contributed by atoms with van der Waals surface area (Å²) in [6, 6.07) is -0.335. The zero-order valence-corrected chi connectivity index (χ0v) is 21.4. The van der Waals surface area contributed by atoms with Gasteiger partial charge in [0.2, 0.25) is 11.8 Å². The Morgan fingerprint density at radius 1 is 1.21 bits per heavy atom. The highest BCUT2D eigenvalue weighted by molar-refractivity contribution is 6.32. The van der Waals surface area contributed by atoms with Gasteiger partial charge in [-0.05, 0) is 52.4 Å². The first-order valence-corrected chi connectivity index (χ1v) is 12.7. The SMILES string of the molecule is CN(C)[C@@H]1C(=O)C(C(N)=O)C(=O)[C@@]2(O)C(=O)C3C(=O)c4c(O)c(NC(=O)CN5CCC5)cc(F)c4C[C@H]3C[C@@H]12. The number of anilines is 1. The average Bonchev–Trinajstić information content (AvgIpc) is 2.81. The molecule has 13 heteroatoms. The maximum absolute atomic E-state index is 15.3. The number of Topliss-reactive ketones (excluding diaryl/α,β-unsaturated/α-hetero) is 4. The Morgan fingerprint density at radius 3 is 2.44 bits per heavy atom. The van der Waals surface area contributed by atoms with E-state index in [0.717, 1.165) is 25.6 Å². The second kappa shape index (κ2) is 9.28. The third-order valence-electron chi connectivity index (χ3n) is 8.60. The number of hydrogen-bond donors (Lipinski definition) is 4. The molecule has 1 saturated heterocycles. The van der Waals surface area contributed by atoms with Gasteiger partial charge in [-0.1, -0.05) is 0 Å². The van der Waals surface area contributed by atoms with Gasteiger partial charge in [0.1, 0.15) is 11.6 Å². The van der Waals surface area contributed by atoms with E-state index in [1.807, 2.05) is 4.90 Å². The molecule has 1 heterocycles. The molecule has 5 rings (SSSR count). The van der Waals surface area contributed by atoms with Crippen LogP contribution in [0, 0.1) is 29.5 Å². The van der Waals surface area contributed by atoms with Gasteiger partial charge >= 0.3 is 0 Å². The van der Waals surface area contributed by atoms with E-state index in [2.05, 4.69) is 5.32 Å². The first-order valence-electron chi connectivity index (χ1n) is 12.7. The number of aliphatic hydroxyl groups is 1. The Bertz CT molecular complexity index is 1340. The molecule has 0 radical (unpaired) electrons. The fourth-order valence-corrected chi connectivity index (χ4v) is 6.65. The van der Waals surface area contributed by atoms with E-state index in [1.165, 1.54) is 19.0 Å². The number of primary amides is 1. The first kappa shape index (κ1) is 27.0. The number of rotatable bonds is 5. The van der Waals surface area contributed by atoms with Crippen molar-refractivity contribution in [2.24, 2.45) is 29.4 Å². The van der Waals surface area contributed by atoms with E-state index < -0.39 is 87.4 Å². The second-order valence-corrected chi connectivity index (χ2v) is 11.1. The number of carbonyl (C=O) groups excluding carboxylic acids is 6. The molecule has 39 heavy (non-hydrogen) atoms. The molecule has 2 saturated carbocycles. The van der Waals surface area contributed by atoms with Crippen LogP contribution in [0.5, 0.6) is 5.75 Å². The Balaban J connectivity index is 1.54. The van der Waals surface area contributed by atoms with Crippen molar-refractivity contribution >= 4 is 40.6 Å². The van der Waals surface area contributed by atoms with Crippen molar-refractivity contribution in [3.8, 4) is 5.75 Å². The molecule has 3 fully saturated rings. The number of phenols is 1. The number of likely N-dealkylation sites (tertiary alicyclic amines) is 1. The predicted molar refractivity (Wildman–Crippen MR) is 131 cm³/mol. The molecule has 2 amide bonds. The third-order valence-corrected chi connectivity index (χ3v) is 8.60. The summed E-state index contributed by atoms with van der Waals surface area (Å²) in [7, 11) is 2.95. The molecule has 1 aliphatic heterocycles. The van der Waals surface area contributed by atoms with E-state index in [4.69, 9.17) is 5.73 Å². The topological polar surface area (TPSA) is 187 Å². The summed E-state index contributed by atoms with van der Waals surface area (Å²) >= 11 is 0. The number of ketones is 4. The van der Waals surface area contributed by atoms with Crippen LogP contribution in [0.2, 0.25) is 0 Å². The lowest BCUT2D eigenvalue weighted by atomic mass is 9.52. The number of hydrogen-bond acceptors (Lipinski definition) is 10. The Kier molecular flexibility index (Phi) is 6.43. The molecule has 5 N–H and O–H groups in total. The lowest BCUT2D eigenvalue weighted by molar-refractivity contribution is -0.181. The van der Waals surface area contributed by atoms with Crippen molar-refractivity contribution in [3.63, 3.8) is 0 Å². The molecule has 0 spiro atoms. The number of nitrogens with two attached hydrogens (primary N) is 1. The minimum absolute atomic E-state index is 0.0125. The molecule has 3 aliphatic carbocycles. The largest absolute Gasteiger partial charge is 0.505 e. The summed E-state index contributed by atoms with van der Waals surface area (Å²) in [5.41, 5.74) is 1.41. The Morgan fingerprint density at radius 2 is 1.87 bits per heavy atom. The van der Waals surface area contributed by atoms with Crippen LogP contribution in [-0.4, -0.2) is 100 Å². The standard InChI is InChI=1S/C26H29FN4O8/c1-30(2)19-12-7-10-6-11-13(27)8-14(29-15(32)9-31-4-3-5-31)20(33)17(11)21(34)16(10)23(36)26(12,39)24(37)18(22(19)35)25(28)38/h8,10,12,16,18-19,33,39H,3-7,9H2,1-2H3,(H2,28,38)(H,29,32)/t10-,12-,16?,18?,19-,26-/m0/s1. The smallest absolute Gasteiger partial charge is 0.238 e. The van der Waals surface area contributed by atoms with E-state index in [0.29, 0.717) is 0 Å². The number of amides is 2. The van der Waals surface area contributed by atoms with Crippen LogP contribution < -0.4 is 11.1 Å². The van der Waals surface area contributed by atoms with Gasteiger partial charge in [0, 0.05) is 17.5 Å². The van der Waals surface area contributed by atoms with Gasteiger partial charge in [-0.25, -0.2) is 4.39 Å². The van der Waals surface area contributed by atoms with Crippen LogP contribution in [0.15, 0.2) is 6.07 Å². The fraction of sp³-hybridized carbons (Fsp3) is 0.538. The number of likely N-dealkylation sites (N-methyl/N-ethyl adjacent to an activating group) is 1. The van der Waals surface area contributed by atoms with Crippen molar-refractivity contribution < 1.29 is 43.4 Å². The van der Waals surface area contributed by atoms with Crippen LogP contribution in [0.1, 0.15) is 28.8 Å². The van der Waals surface area contributed by atoms with Crippen molar-refractivity contribution in [1.82, 2.24) is 9.80 Å². The molecule has 4 aliphatic rings. The van der Waals surface area contributed by atoms with Crippen LogP contribution in [-0.2, 0) is 30.4 Å². The Hall–Kier alpha value is -3.55. The molecule has 0 aromatic heterocycles. The molecule has 0 bridgehead atoms. The maximum Gasteiger partial charge on any atom is 0.238 e. The molecular formula is C26H29FN4O8. The van der Waals surface area contributed by atoms with E-state index in [-0.39, 0.29) is 30.6 Å². The zero-order chi connectivity index (χ0) is 28.5. The number of fused-ring (bicyclic) bond motifs is 3. The van der Waals surface area contributed by atoms with Gasteiger partial charge in [-0.2, -0.15) is 0 Å². The summed E-state index contributed by atoms with van der Waals surface area (Å²) < 4.78 is 15.3. The van der Waals surface area contributed by atoms with Crippen LogP contribution in [0.4, 0.5) is 10.1 Å². The summed E-state index contributed by atoms with van der Waals surface area (Å²) in [4.78, 5) is 81.4. The van der Waals surface area contributed by atoms with Crippen LogP contribution in [0.3, 0.4) is 0 Å². The van der Waals surface area contributed by atoms with Gasteiger partial charge in [0.25, 0.3) is 0 Å². The molecule has 208 valence electrons. The minimum Gasteiger partial charge on any atom is -0.505 e. The number of benzene rings is 1. The highest BCUT2D eigenvalue weighted by Gasteiger charge is 2.69. The van der Waals surface area contributed by atoms with Crippen LogP contribution in [0.25, 0.3) is 0 Å². The second-order valence-electron chi connectivity index (χ2n) is 11.1. The van der Waals surface area contributed by atoms with Gasteiger partial charge in [0.05, 0.1) is 29.8 Å². The summed E-state index contributed by atoms with van der Waals surface area (Å²) in [5, 5.41) is 24.9. The minimum atomic E-state index is -2.87. The monoisotopic (exact) mass is 544 g/mol. The molecule has 1 aromatic rings. The lowest BCUT2D eigenvalue weighted by Gasteiger charge is -2.52. The summed E-state index contributed by atoms with van der Waals surface area (Å²) in [6.45, 7) is 1.46. The molecule has 12 nitrogen and oxygen atoms in total. The van der Waals surface area contributed by atoms with E-state index >= 15 is 4.39 Å². The maximum atomic E-state index is 15.3. The van der Waals surface area contributed by atoms with E-state index in [1.54, 1.807) is 0 Å². The van der Waals surface area contributed by atoms with Gasteiger partial charge in [0.15, 0.2) is 34.7 Å². The number of halogens is 1. The highest BCUT2D eigenvalue weighted by Crippen LogP contribution is 2.51. The summed E-state index contributed by atoms with van der Waals surface area (Å²) in [6.07, 6.45) is 0.558. The van der Waals surface area contributed by atoms with E-state index in [9.17, 15) is 39.0 Å². The number of aromatic hydroxyl groups is 1. The normalized spacial score (nSPS) is 32.3. The van der Waals surface area contributed by atoms with Gasteiger partial charge in [-0.15, -0.1) is 0 Å². The summed E-state index contributed by atoms with van der Waals surface area (Å²) in [5.74, 6) is -13.9. The number of nitrogens with one attached hydrogen (secondary N) is 1. The fourth-order valence-electron chi connectivity index (χ4n) is 6.65. The number of carbonyl (C=O) groups is 6. The Labute approximate surface area is 222 Å². The van der Waals surface area contributed by atoms with Gasteiger partial charge < -0.3 is 21.3 Å².